The highest BCUT2D eigenvalue weighted by Gasteiger charge is 2.11. The molecule has 0 radical (unpaired) electrons. The van der Waals surface area contributed by atoms with E-state index in [4.69, 9.17) is 0 Å². The molecule has 1 aromatic carbocycles. The van der Waals surface area contributed by atoms with Crippen LogP contribution in [0.2, 0.25) is 0 Å². The lowest BCUT2D eigenvalue weighted by atomic mass is 10.1. The van der Waals surface area contributed by atoms with E-state index in [-0.39, 0.29) is 0 Å². The van der Waals surface area contributed by atoms with Gasteiger partial charge < -0.3 is 15.2 Å². The standard InChI is InChI=1S/C16H23BrN4/c1-20(8-9-21-6-4-18-5-7-21)12-13-11-19-16-3-2-14(17)10-15(13)16/h2-3,10-11,18-19H,4-9,12H2,1H3. The Labute approximate surface area is 134 Å². The lowest BCUT2D eigenvalue weighted by Gasteiger charge is -2.29. The Balaban J connectivity index is 1.58. The zero-order valence-electron chi connectivity index (χ0n) is 12.5. The van der Waals surface area contributed by atoms with Gasteiger partial charge in [-0.3, -0.25) is 4.90 Å². The van der Waals surface area contributed by atoms with Gasteiger partial charge in [0.05, 0.1) is 0 Å². The Morgan fingerprint density at radius 3 is 2.90 bits per heavy atom. The largest absolute Gasteiger partial charge is 0.361 e. The van der Waals surface area contributed by atoms with Gasteiger partial charge in [-0.1, -0.05) is 15.9 Å². The molecule has 0 saturated carbocycles. The van der Waals surface area contributed by atoms with Crippen LogP contribution in [0, 0.1) is 0 Å². The topological polar surface area (TPSA) is 34.3 Å². The van der Waals surface area contributed by atoms with E-state index in [0.717, 1.165) is 37.2 Å². The van der Waals surface area contributed by atoms with Crippen molar-refractivity contribution in [1.82, 2.24) is 20.1 Å². The van der Waals surface area contributed by atoms with Gasteiger partial charge in [0.1, 0.15) is 0 Å². The van der Waals surface area contributed by atoms with E-state index in [1.807, 2.05) is 0 Å². The summed E-state index contributed by atoms with van der Waals surface area (Å²) >= 11 is 3.56. The maximum atomic E-state index is 3.56. The minimum atomic E-state index is 0.989. The van der Waals surface area contributed by atoms with Crippen molar-refractivity contribution in [3.63, 3.8) is 0 Å². The minimum Gasteiger partial charge on any atom is -0.361 e. The number of nitrogens with one attached hydrogen (secondary N) is 2. The summed E-state index contributed by atoms with van der Waals surface area (Å²) in [6, 6.07) is 6.41. The first kappa shape index (κ1) is 15.0. The highest BCUT2D eigenvalue weighted by molar-refractivity contribution is 9.10. The molecule has 21 heavy (non-hydrogen) atoms. The number of nitrogens with zero attached hydrogens (tertiary/aromatic N) is 2. The molecule has 0 amide bonds. The monoisotopic (exact) mass is 350 g/mol. The number of fused-ring (bicyclic) bond motifs is 1. The third-order valence-corrected chi connectivity index (χ3v) is 4.67. The van der Waals surface area contributed by atoms with E-state index in [0.29, 0.717) is 0 Å². The maximum Gasteiger partial charge on any atom is 0.0458 e. The number of halogens is 1. The van der Waals surface area contributed by atoms with E-state index in [9.17, 15) is 0 Å². The van der Waals surface area contributed by atoms with Crippen molar-refractivity contribution in [2.45, 2.75) is 6.54 Å². The Hall–Kier alpha value is -0.880. The summed E-state index contributed by atoms with van der Waals surface area (Å²) in [6.07, 6.45) is 2.14. The lowest BCUT2D eigenvalue weighted by molar-refractivity contribution is 0.202. The van der Waals surface area contributed by atoms with Crippen LogP contribution in [-0.2, 0) is 6.54 Å². The van der Waals surface area contributed by atoms with Crippen LogP contribution in [0.3, 0.4) is 0 Å². The number of likely N-dealkylation sites (N-methyl/N-ethyl adjacent to an activating group) is 1. The number of aromatic amines is 1. The predicted molar refractivity (Wildman–Crippen MR) is 91.6 cm³/mol. The smallest absolute Gasteiger partial charge is 0.0458 e. The van der Waals surface area contributed by atoms with Crippen molar-refractivity contribution < 1.29 is 0 Å². The van der Waals surface area contributed by atoms with Gasteiger partial charge in [-0.05, 0) is 30.8 Å². The number of rotatable bonds is 5. The molecule has 2 aromatic rings. The van der Waals surface area contributed by atoms with E-state index < -0.39 is 0 Å². The molecule has 1 aliphatic rings. The van der Waals surface area contributed by atoms with Gasteiger partial charge in [0, 0.05) is 67.4 Å². The molecule has 1 aliphatic heterocycles. The summed E-state index contributed by atoms with van der Waals surface area (Å²) < 4.78 is 1.14. The van der Waals surface area contributed by atoms with Gasteiger partial charge in [0.25, 0.3) is 0 Å². The van der Waals surface area contributed by atoms with Gasteiger partial charge in [0.15, 0.2) is 0 Å². The lowest BCUT2D eigenvalue weighted by Crippen LogP contribution is -2.45. The molecule has 1 fully saturated rings. The van der Waals surface area contributed by atoms with Crippen molar-refractivity contribution >= 4 is 26.8 Å². The normalized spacial score (nSPS) is 16.9. The zero-order chi connectivity index (χ0) is 14.7. The minimum absolute atomic E-state index is 0.989. The predicted octanol–water partition coefficient (Wildman–Crippen LogP) is 2.27. The molecular weight excluding hydrogens is 328 g/mol. The molecular formula is C16H23BrN4. The van der Waals surface area contributed by atoms with Crippen molar-refractivity contribution in [1.29, 1.82) is 0 Å². The van der Waals surface area contributed by atoms with Crippen LogP contribution >= 0.6 is 15.9 Å². The van der Waals surface area contributed by atoms with Gasteiger partial charge in [-0.15, -0.1) is 0 Å². The molecule has 1 saturated heterocycles. The van der Waals surface area contributed by atoms with E-state index >= 15 is 0 Å². The quantitative estimate of drug-likeness (QED) is 0.867. The van der Waals surface area contributed by atoms with Crippen molar-refractivity contribution in [2.75, 3.05) is 46.3 Å². The van der Waals surface area contributed by atoms with Crippen LogP contribution in [0.15, 0.2) is 28.9 Å². The molecule has 1 aromatic heterocycles. The molecule has 0 bridgehead atoms. The van der Waals surface area contributed by atoms with Crippen LogP contribution < -0.4 is 5.32 Å². The molecule has 0 unspecified atom stereocenters. The average Bonchev–Trinajstić information content (AvgIpc) is 2.88. The summed E-state index contributed by atoms with van der Waals surface area (Å²) in [6.45, 7) is 7.86. The summed E-state index contributed by atoms with van der Waals surface area (Å²) in [7, 11) is 2.21. The summed E-state index contributed by atoms with van der Waals surface area (Å²) in [5, 5.41) is 4.72. The van der Waals surface area contributed by atoms with Gasteiger partial charge in [-0.25, -0.2) is 0 Å². The van der Waals surface area contributed by atoms with Crippen LogP contribution in [0.1, 0.15) is 5.56 Å². The summed E-state index contributed by atoms with van der Waals surface area (Å²) in [5.41, 5.74) is 2.58. The second kappa shape index (κ2) is 6.92. The first-order chi connectivity index (χ1) is 10.2. The van der Waals surface area contributed by atoms with Crippen LogP contribution in [0.25, 0.3) is 10.9 Å². The SMILES string of the molecule is CN(CCN1CCNCC1)Cc1c[nH]c2ccc(Br)cc12. The van der Waals surface area contributed by atoms with Gasteiger partial charge in [0.2, 0.25) is 0 Å². The van der Waals surface area contributed by atoms with Crippen LogP contribution in [0.4, 0.5) is 0 Å². The molecule has 5 heteroatoms. The second-order valence-electron chi connectivity index (χ2n) is 5.83. The highest BCUT2D eigenvalue weighted by Crippen LogP contribution is 2.23. The Bertz CT molecular complexity index is 589. The number of hydrogen-bond donors (Lipinski definition) is 2. The molecule has 0 spiro atoms. The summed E-state index contributed by atoms with van der Waals surface area (Å²) in [4.78, 5) is 8.31. The third-order valence-electron chi connectivity index (χ3n) is 4.18. The van der Waals surface area contributed by atoms with Crippen LogP contribution in [0.5, 0.6) is 0 Å². The molecule has 2 N–H and O–H groups in total. The number of H-pyrrole nitrogens is 1. The Morgan fingerprint density at radius 1 is 1.29 bits per heavy atom. The van der Waals surface area contributed by atoms with Gasteiger partial charge in [-0.2, -0.15) is 0 Å². The molecule has 0 atom stereocenters. The highest BCUT2D eigenvalue weighted by atomic mass is 79.9. The molecule has 2 heterocycles. The van der Waals surface area contributed by atoms with Crippen molar-refractivity contribution in [3.8, 4) is 0 Å². The Morgan fingerprint density at radius 2 is 2.10 bits per heavy atom. The van der Waals surface area contributed by atoms with E-state index in [2.05, 4.69) is 67.5 Å². The second-order valence-corrected chi connectivity index (χ2v) is 6.75. The number of benzene rings is 1. The molecule has 3 rings (SSSR count). The van der Waals surface area contributed by atoms with Crippen molar-refractivity contribution in [2.24, 2.45) is 0 Å². The number of aromatic nitrogens is 1. The third kappa shape index (κ3) is 3.86. The molecule has 0 aliphatic carbocycles. The van der Waals surface area contributed by atoms with Crippen LogP contribution in [-0.4, -0.2) is 61.1 Å². The van der Waals surface area contributed by atoms with E-state index in [1.54, 1.807) is 0 Å². The fraction of sp³-hybridized carbons (Fsp3) is 0.500. The first-order valence-corrected chi connectivity index (χ1v) is 8.39. The molecule has 4 nitrogen and oxygen atoms in total. The van der Waals surface area contributed by atoms with Gasteiger partial charge >= 0.3 is 0 Å². The fourth-order valence-corrected chi connectivity index (χ4v) is 3.26. The number of hydrogen-bond acceptors (Lipinski definition) is 3. The maximum absolute atomic E-state index is 3.56. The molecule has 114 valence electrons. The fourth-order valence-electron chi connectivity index (χ4n) is 2.90. The Kier molecular flexibility index (Phi) is 4.95. The van der Waals surface area contributed by atoms with E-state index in [1.165, 1.54) is 29.6 Å². The zero-order valence-corrected chi connectivity index (χ0v) is 14.1. The summed E-state index contributed by atoms with van der Waals surface area (Å²) in [5.74, 6) is 0. The average molecular weight is 351 g/mol. The number of piperazine rings is 1. The van der Waals surface area contributed by atoms with Crippen molar-refractivity contribution in [3.05, 3.63) is 34.4 Å². The first-order valence-electron chi connectivity index (χ1n) is 7.59.